The molecule has 0 amide bonds. The van der Waals surface area contributed by atoms with Gasteiger partial charge in [0, 0.05) is 30.2 Å². The molecule has 0 spiro atoms. The normalized spacial score (nSPS) is 25.4. The van der Waals surface area contributed by atoms with Gasteiger partial charge in [0.15, 0.2) is 11.5 Å². The number of ether oxygens (including phenoxy) is 2. The minimum atomic E-state index is -3.64. The van der Waals surface area contributed by atoms with Crippen LogP contribution in [0.3, 0.4) is 0 Å². The van der Waals surface area contributed by atoms with Crippen LogP contribution < -0.4 is 9.47 Å². The second kappa shape index (κ2) is 5.99. The Hall–Kier alpha value is -0.830. The van der Waals surface area contributed by atoms with Gasteiger partial charge in [-0.3, -0.25) is 0 Å². The molecule has 2 heterocycles. The first kappa shape index (κ1) is 16.0. The summed E-state index contributed by atoms with van der Waals surface area (Å²) in [7, 11) is -3.64. The average Bonchev–Trinajstić information content (AvgIpc) is 2.88. The highest BCUT2D eigenvalue weighted by Crippen LogP contribution is 2.39. The van der Waals surface area contributed by atoms with Gasteiger partial charge in [0.1, 0.15) is 18.1 Å². The summed E-state index contributed by atoms with van der Waals surface area (Å²) in [6, 6.07) is 3.13. The van der Waals surface area contributed by atoms with Crippen molar-refractivity contribution in [3.05, 3.63) is 16.6 Å². The summed E-state index contributed by atoms with van der Waals surface area (Å²) >= 11 is 3.31. The van der Waals surface area contributed by atoms with E-state index in [1.54, 1.807) is 6.07 Å². The topological polar surface area (TPSA) is 76.1 Å². The first-order valence-electron chi connectivity index (χ1n) is 7.13. The number of fused-ring (bicyclic) bond motifs is 1. The van der Waals surface area contributed by atoms with Gasteiger partial charge in [-0.1, -0.05) is 6.92 Å². The molecule has 122 valence electrons. The van der Waals surface area contributed by atoms with Crippen molar-refractivity contribution in [2.24, 2.45) is 11.8 Å². The first-order chi connectivity index (χ1) is 10.4. The molecule has 2 aliphatic heterocycles. The number of sulfonamides is 1. The number of halogens is 1. The lowest BCUT2D eigenvalue weighted by Gasteiger charge is -2.22. The fourth-order valence-corrected chi connectivity index (χ4v) is 5.40. The van der Waals surface area contributed by atoms with Gasteiger partial charge >= 0.3 is 0 Å². The van der Waals surface area contributed by atoms with Gasteiger partial charge in [0.05, 0.1) is 0 Å². The summed E-state index contributed by atoms with van der Waals surface area (Å²) in [6.45, 7) is 3.55. The van der Waals surface area contributed by atoms with Crippen LogP contribution in [-0.2, 0) is 10.0 Å². The van der Waals surface area contributed by atoms with Crippen LogP contribution in [0, 0.1) is 11.8 Å². The van der Waals surface area contributed by atoms with Gasteiger partial charge < -0.3 is 14.6 Å². The van der Waals surface area contributed by atoms with Crippen molar-refractivity contribution >= 4 is 26.0 Å². The van der Waals surface area contributed by atoms with Gasteiger partial charge in [0.25, 0.3) is 0 Å². The second-order valence-electron chi connectivity index (χ2n) is 5.67. The van der Waals surface area contributed by atoms with E-state index < -0.39 is 10.0 Å². The molecule has 1 aromatic rings. The quantitative estimate of drug-likeness (QED) is 0.843. The number of nitrogens with zero attached hydrogens (tertiary/aromatic N) is 1. The van der Waals surface area contributed by atoms with Gasteiger partial charge in [-0.05, 0) is 33.8 Å². The fourth-order valence-electron chi connectivity index (χ4n) is 2.80. The molecule has 0 aliphatic carbocycles. The van der Waals surface area contributed by atoms with Gasteiger partial charge in [-0.15, -0.1) is 0 Å². The van der Waals surface area contributed by atoms with E-state index in [4.69, 9.17) is 9.47 Å². The Balaban J connectivity index is 1.96. The third kappa shape index (κ3) is 2.73. The van der Waals surface area contributed by atoms with Gasteiger partial charge in [0.2, 0.25) is 10.0 Å². The molecule has 1 fully saturated rings. The summed E-state index contributed by atoms with van der Waals surface area (Å²) in [4.78, 5) is 0.169. The number of hydrogen-bond acceptors (Lipinski definition) is 5. The van der Waals surface area contributed by atoms with E-state index in [0.29, 0.717) is 42.3 Å². The number of hydrogen-bond donors (Lipinski definition) is 1. The minimum absolute atomic E-state index is 0.00447. The maximum absolute atomic E-state index is 12.9. The maximum Gasteiger partial charge on any atom is 0.244 e. The lowest BCUT2D eigenvalue weighted by atomic mass is 10.00. The molecule has 1 N–H and O–H groups in total. The van der Waals surface area contributed by atoms with Crippen LogP contribution in [0.1, 0.15) is 6.92 Å². The monoisotopic (exact) mass is 391 g/mol. The Bertz CT molecular complexity index is 678. The molecular formula is C14H18BrNO5S. The number of benzene rings is 1. The highest BCUT2D eigenvalue weighted by molar-refractivity contribution is 9.10. The molecule has 8 heteroatoms. The molecule has 22 heavy (non-hydrogen) atoms. The summed E-state index contributed by atoms with van der Waals surface area (Å²) in [6.07, 6.45) is 0. The molecular weight excluding hydrogens is 374 g/mol. The fraction of sp³-hybridized carbons (Fsp3) is 0.571. The van der Waals surface area contributed by atoms with Crippen LogP contribution >= 0.6 is 15.9 Å². The summed E-state index contributed by atoms with van der Waals surface area (Å²) < 4.78 is 38.5. The van der Waals surface area contributed by atoms with E-state index in [2.05, 4.69) is 15.9 Å². The number of rotatable bonds is 3. The molecule has 0 radical (unpaired) electrons. The summed E-state index contributed by atoms with van der Waals surface area (Å²) in [5, 5.41) is 9.34. The Morgan fingerprint density at radius 2 is 1.91 bits per heavy atom. The molecule has 0 saturated carbocycles. The van der Waals surface area contributed by atoms with Crippen molar-refractivity contribution in [3.63, 3.8) is 0 Å². The summed E-state index contributed by atoms with van der Waals surface area (Å²) in [5.41, 5.74) is 0. The van der Waals surface area contributed by atoms with Crippen molar-refractivity contribution in [2.45, 2.75) is 11.8 Å². The second-order valence-corrected chi connectivity index (χ2v) is 8.43. The molecule has 6 nitrogen and oxygen atoms in total. The standard InChI is InChI=1S/C14H18BrNO5S/c1-9-6-16(7-10(9)8-17)22(18,19)14-5-13-12(4-11(14)15)20-2-3-21-13/h4-5,9-10,17H,2-3,6-8H2,1H3/t9-,10+/m1/s1. The highest BCUT2D eigenvalue weighted by atomic mass is 79.9. The van der Waals surface area contributed by atoms with Crippen LogP contribution in [0.15, 0.2) is 21.5 Å². The Morgan fingerprint density at radius 3 is 2.50 bits per heavy atom. The van der Waals surface area contributed by atoms with Crippen molar-refractivity contribution in [2.75, 3.05) is 32.9 Å². The van der Waals surface area contributed by atoms with Crippen LogP contribution in [0.25, 0.3) is 0 Å². The van der Waals surface area contributed by atoms with E-state index in [0.717, 1.165) is 0 Å². The van der Waals surface area contributed by atoms with E-state index >= 15 is 0 Å². The van der Waals surface area contributed by atoms with Crippen molar-refractivity contribution < 1.29 is 23.0 Å². The van der Waals surface area contributed by atoms with E-state index in [9.17, 15) is 13.5 Å². The van der Waals surface area contributed by atoms with Crippen molar-refractivity contribution in [1.82, 2.24) is 4.31 Å². The predicted molar refractivity (Wildman–Crippen MR) is 83.6 cm³/mol. The van der Waals surface area contributed by atoms with Crippen molar-refractivity contribution in [1.29, 1.82) is 0 Å². The molecule has 0 aromatic heterocycles. The first-order valence-corrected chi connectivity index (χ1v) is 9.37. The highest BCUT2D eigenvalue weighted by Gasteiger charge is 2.38. The maximum atomic E-state index is 12.9. The van der Waals surface area contributed by atoms with E-state index in [1.165, 1.54) is 10.4 Å². The molecule has 0 bridgehead atoms. The van der Waals surface area contributed by atoms with E-state index in [1.807, 2.05) is 6.92 Å². The van der Waals surface area contributed by atoms with E-state index in [-0.39, 0.29) is 23.3 Å². The Kier molecular flexibility index (Phi) is 4.37. The smallest absolute Gasteiger partial charge is 0.244 e. The van der Waals surface area contributed by atoms with Crippen LogP contribution in [0.2, 0.25) is 0 Å². The lowest BCUT2D eigenvalue weighted by Crippen LogP contribution is -2.30. The Morgan fingerprint density at radius 1 is 1.27 bits per heavy atom. The molecule has 1 saturated heterocycles. The third-order valence-electron chi connectivity index (χ3n) is 4.18. The Labute approximate surface area is 138 Å². The van der Waals surface area contributed by atoms with Gasteiger partial charge in [-0.2, -0.15) is 4.31 Å². The number of aliphatic hydroxyl groups excluding tert-OH is 1. The average molecular weight is 392 g/mol. The molecule has 2 atom stereocenters. The van der Waals surface area contributed by atoms with Gasteiger partial charge in [-0.25, -0.2) is 8.42 Å². The molecule has 2 aliphatic rings. The van der Waals surface area contributed by atoms with Crippen LogP contribution in [0.4, 0.5) is 0 Å². The largest absolute Gasteiger partial charge is 0.486 e. The number of aliphatic hydroxyl groups is 1. The molecule has 3 rings (SSSR count). The lowest BCUT2D eigenvalue weighted by molar-refractivity contribution is 0.171. The molecule has 0 unspecified atom stereocenters. The zero-order chi connectivity index (χ0) is 15.9. The predicted octanol–water partition coefficient (Wildman–Crippen LogP) is 1.47. The van der Waals surface area contributed by atoms with Crippen LogP contribution in [0.5, 0.6) is 11.5 Å². The van der Waals surface area contributed by atoms with Crippen molar-refractivity contribution in [3.8, 4) is 11.5 Å². The zero-order valence-corrected chi connectivity index (χ0v) is 14.6. The third-order valence-corrected chi connectivity index (χ3v) is 6.97. The zero-order valence-electron chi connectivity index (χ0n) is 12.2. The van der Waals surface area contributed by atoms with Crippen LogP contribution in [-0.4, -0.2) is 50.7 Å². The molecule has 1 aromatic carbocycles. The summed E-state index contributed by atoms with van der Waals surface area (Å²) in [5.74, 6) is 1.10. The minimum Gasteiger partial charge on any atom is -0.486 e. The SMILES string of the molecule is C[C@@H]1CN(S(=O)(=O)c2cc3c(cc2Br)OCCO3)C[C@H]1CO.